The van der Waals surface area contributed by atoms with Gasteiger partial charge in [0.05, 0.1) is 0 Å². The van der Waals surface area contributed by atoms with Gasteiger partial charge in [0.15, 0.2) is 23.3 Å². The summed E-state index contributed by atoms with van der Waals surface area (Å²) in [6, 6.07) is 72.1. The van der Waals surface area contributed by atoms with Crippen LogP contribution in [-0.4, -0.2) is 48.2 Å². The zero-order chi connectivity index (χ0) is 48.4. The molecular weight excluding hydrogens is 865 g/mol. The van der Waals surface area contributed by atoms with E-state index in [1.165, 1.54) is 0 Å². The molecule has 0 amide bonds. The maximum Gasteiger partial charge on any atom is 0.267 e. The average molecular weight is 919 g/mol. The number of benzene rings is 8. The molecule has 0 atom stereocenters. The average Bonchev–Trinajstić information content (AvgIpc) is 3.45. The number of aromatic nitrogens is 6. The number of hydrogen-bond donors (Lipinski definition) is 0. The van der Waals surface area contributed by atoms with E-state index in [2.05, 4.69) is 0 Å². The van der Waals surface area contributed by atoms with Gasteiger partial charge in [0.2, 0.25) is 11.6 Å². The lowest BCUT2D eigenvalue weighted by atomic mass is 9.98. The summed E-state index contributed by atoms with van der Waals surface area (Å²) in [6.07, 6.45) is 4.08. The first-order valence-corrected chi connectivity index (χ1v) is 24.8. The highest BCUT2D eigenvalue weighted by molar-refractivity contribution is 7.97. The molecule has 0 N–H and O–H groups in total. The van der Waals surface area contributed by atoms with Gasteiger partial charge in [0.25, 0.3) is 5.78 Å². The Morgan fingerprint density at radius 1 is 0.275 bits per heavy atom. The highest BCUT2D eigenvalue weighted by atomic mass is 32.2. The molecule has 2 aromatic heterocycles. The second-order valence-electron chi connectivity index (χ2n) is 15.0. The number of carbonyl (C=O) groups is 1. The lowest BCUT2D eigenvalue weighted by molar-refractivity contribution is 0.101. The quantitative estimate of drug-likeness (QED) is 0.125. The maximum absolute atomic E-state index is 15.3. The van der Waals surface area contributed by atoms with Gasteiger partial charge in [0.1, 0.15) is 0 Å². The summed E-state index contributed by atoms with van der Waals surface area (Å²) in [7, 11) is 0. The normalized spacial score (nSPS) is 10.3. The third-order valence-corrected chi connectivity index (χ3v) is 10.7. The maximum atomic E-state index is 15.3. The summed E-state index contributed by atoms with van der Waals surface area (Å²) in [5.74, 6) is 0.637. The summed E-state index contributed by atoms with van der Waals surface area (Å²) in [4.78, 5) is 45.4. The number of hydrogen-bond acceptors (Lipinski definition) is 8. The minimum Gasteiger partial charge on any atom is -0.281 e. The van der Waals surface area contributed by atoms with Crippen molar-refractivity contribution >= 4 is 17.5 Å². The molecule has 10 rings (SSSR count). The molecule has 0 saturated carbocycles. The fourth-order valence-electron chi connectivity index (χ4n) is 7.73. The zero-order valence-electron chi connectivity index (χ0n) is 39.8. The van der Waals surface area contributed by atoms with Gasteiger partial charge in [-0.2, -0.15) is 11.8 Å². The van der Waals surface area contributed by atoms with Crippen molar-refractivity contribution in [2.45, 2.75) is 27.7 Å². The molecule has 7 nitrogen and oxygen atoms in total. The Balaban J connectivity index is 0.000000957. The van der Waals surface area contributed by atoms with Crippen LogP contribution in [0.4, 0.5) is 0 Å². The largest absolute Gasteiger partial charge is 0.281 e. The van der Waals surface area contributed by atoms with Crippen LogP contribution < -0.4 is 0 Å². The van der Waals surface area contributed by atoms with Crippen molar-refractivity contribution < 1.29 is 4.79 Å². The van der Waals surface area contributed by atoms with E-state index in [-0.39, 0.29) is 11.6 Å². The predicted octanol–water partition coefficient (Wildman–Crippen LogP) is 15.7. The second kappa shape index (κ2) is 24.5. The Morgan fingerprint density at radius 3 is 0.652 bits per heavy atom. The van der Waals surface area contributed by atoms with Crippen LogP contribution in [0.2, 0.25) is 0 Å². The molecule has 0 saturated heterocycles. The van der Waals surface area contributed by atoms with Gasteiger partial charge < -0.3 is 0 Å². The van der Waals surface area contributed by atoms with Crippen LogP contribution in [0.25, 0.3) is 90.1 Å². The standard InChI is InChI=1S/C55H36N6O.C2H6S.2C2H6/c62-49(54-58-50(45-33-17-13-29-41(45)37-21-5-1-6-22-37)56-51(59-54)46-34-18-14-30-42(46)38-23-7-2-8-24-38)55-60-52(47-35-19-15-31-43(47)39-25-9-3-10-26-39)57-53(61-55)48-36-20-16-32-44(48)40-27-11-4-12-28-40;1-3-2;2*1-2/h1-36H;1-2H3;2*1-2H3. The predicted molar refractivity (Wildman–Crippen MR) is 289 cm³/mol. The van der Waals surface area contributed by atoms with E-state index in [0.29, 0.717) is 23.3 Å². The van der Waals surface area contributed by atoms with Crippen molar-refractivity contribution in [2.75, 3.05) is 12.5 Å². The second-order valence-corrected chi connectivity index (χ2v) is 15.8. The Bertz CT molecular complexity index is 2800. The zero-order valence-corrected chi connectivity index (χ0v) is 40.6. The molecule has 0 bridgehead atoms. The molecule has 0 aliphatic heterocycles. The molecule has 0 radical (unpaired) electrons. The van der Waals surface area contributed by atoms with Crippen LogP contribution in [0.5, 0.6) is 0 Å². The number of nitrogens with zero attached hydrogens (tertiary/aromatic N) is 6. The van der Waals surface area contributed by atoms with Crippen LogP contribution in [-0.2, 0) is 0 Å². The monoisotopic (exact) mass is 918 g/mol. The Hall–Kier alpha value is -8.20. The smallest absolute Gasteiger partial charge is 0.267 e. The van der Waals surface area contributed by atoms with Gasteiger partial charge in [0, 0.05) is 22.3 Å². The van der Waals surface area contributed by atoms with Gasteiger partial charge >= 0.3 is 0 Å². The van der Waals surface area contributed by atoms with E-state index in [9.17, 15) is 0 Å². The fraction of sp³-hybridized carbons (Fsp3) is 0.0984. The molecule has 0 spiro atoms. The number of rotatable bonds is 10. The van der Waals surface area contributed by atoms with E-state index in [1.54, 1.807) is 11.8 Å². The summed E-state index contributed by atoms with van der Waals surface area (Å²) in [5.41, 5.74) is 10.6. The number of carbonyl (C=O) groups excluding carboxylic acids is 1. The van der Waals surface area contributed by atoms with E-state index in [0.717, 1.165) is 66.8 Å². The van der Waals surface area contributed by atoms with Crippen LogP contribution in [0, 0.1) is 0 Å². The fourth-order valence-corrected chi connectivity index (χ4v) is 7.73. The van der Waals surface area contributed by atoms with Gasteiger partial charge in [-0.25, -0.2) is 29.9 Å². The summed E-state index contributed by atoms with van der Waals surface area (Å²) < 4.78 is 0. The molecule has 0 aliphatic carbocycles. The molecule has 0 unspecified atom stereocenters. The van der Waals surface area contributed by atoms with Gasteiger partial charge in [-0.05, 0) is 57.0 Å². The minimum absolute atomic E-state index is 0.0912. The van der Waals surface area contributed by atoms with Crippen molar-refractivity contribution in [1.29, 1.82) is 0 Å². The minimum atomic E-state index is -0.566. The van der Waals surface area contributed by atoms with Gasteiger partial charge in [-0.1, -0.05) is 246 Å². The van der Waals surface area contributed by atoms with Gasteiger partial charge in [-0.15, -0.1) is 0 Å². The molecule has 2 heterocycles. The lowest BCUT2D eigenvalue weighted by Crippen LogP contribution is -2.16. The lowest BCUT2D eigenvalue weighted by Gasteiger charge is -2.14. The highest BCUT2D eigenvalue weighted by Gasteiger charge is 2.26. The van der Waals surface area contributed by atoms with Crippen LogP contribution in [0.1, 0.15) is 44.1 Å². The Labute approximate surface area is 410 Å². The van der Waals surface area contributed by atoms with Gasteiger partial charge in [-0.3, -0.25) is 4.79 Å². The van der Waals surface area contributed by atoms with Crippen LogP contribution >= 0.6 is 11.8 Å². The number of ketones is 1. The SMILES string of the molecule is CC.CC.CSC.O=C(c1nc(-c2ccccc2-c2ccccc2)nc(-c2ccccc2-c2ccccc2)n1)c1nc(-c2ccccc2-c2ccccc2)nc(-c2ccccc2-c2ccccc2)n1. The molecule has 0 fully saturated rings. The molecule has 0 aliphatic rings. The first-order valence-electron chi connectivity index (χ1n) is 23.2. The number of thioether (sulfide) groups is 1. The summed E-state index contributed by atoms with van der Waals surface area (Å²) >= 11 is 1.75. The van der Waals surface area contributed by atoms with E-state index in [1.807, 2.05) is 259 Å². The van der Waals surface area contributed by atoms with Crippen LogP contribution in [0.15, 0.2) is 218 Å². The van der Waals surface area contributed by atoms with Crippen molar-refractivity contribution in [3.8, 4) is 90.1 Å². The summed E-state index contributed by atoms with van der Waals surface area (Å²) in [6.45, 7) is 8.00. The summed E-state index contributed by atoms with van der Waals surface area (Å²) in [5, 5.41) is 0. The molecule has 340 valence electrons. The molecule has 10 aromatic rings. The third-order valence-electron chi connectivity index (χ3n) is 10.7. The van der Waals surface area contributed by atoms with Crippen LogP contribution in [0.3, 0.4) is 0 Å². The van der Waals surface area contributed by atoms with Crippen molar-refractivity contribution in [1.82, 2.24) is 29.9 Å². The van der Waals surface area contributed by atoms with Crippen molar-refractivity contribution in [3.63, 3.8) is 0 Å². The Kier molecular flexibility index (Phi) is 17.3. The molecule has 8 heteroatoms. The first kappa shape index (κ1) is 48.7. The molecular formula is C61H54N6OS. The van der Waals surface area contributed by atoms with E-state index >= 15 is 4.79 Å². The van der Waals surface area contributed by atoms with E-state index in [4.69, 9.17) is 29.9 Å². The molecule has 69 heavy (non-hydrogen) atoms. The highest BCUT2D eigenvalue weighted by Crippen LogP contribution is 2.36. The Morgan fingerprint density at radius 2 is 0.449 bits per heavy atom. The third kappa shape index (κ3) is 11.5. The van der Waals surface area contributed by atoms with Crippen molar-refractivity contribution in [3.05, 3.63) is 230 Å². The molecule has 8 aromatic carbocycles. The van der Waals surface area contributed by atoms with Crippen molar-refractivity contribution in [2.24, 2.45) is 0 Å². The topological polar surface area (TPSA) is 94.4 Å². The van der Waals surface area contributed by atoms with E-state index < -0.39 is 5.78 Å². The first-order chi connectivity index (χ1) is 34.1.